The largest absolute Gasteiger partial charge is 0.357 e. The molecule has 29 heavy (non-hydrogen) atoms. The maximum atomic E-state index is 12.4. The van der Waals surface area contributed by atoms with Gasteiger partial charge in [-0.3, -0.25) is 4.79 Å². The molecule has 2 heterocycles. The second-order valence-corrected chi connectivity index (χ2v) is 8.75. The topological polar surface area (TPSA) is 69.6 Å². The first-order chi connectivity index (χ1) is 14.0. The summed E-state index contributed by atoms with van der Waals surface area (Å²) in [5.41, 5.74) is 2.33. The van der Waals surface area contributed by atoms with Gasteiger partial charge in [-0.2, -0.15) is 0 Å². The highest BCUT2D eigenvalue weighted by molar-refractivity contribution is 7.11. The standard InChI is InChI=1S/C22H31N5OS/c1-4-23-22(25-14-20-16(2)26-17(3)29-20)24-13-19-12-21(28)27(15-19)11-10-18-8-6-5-7-9-18/h5-9,19H,4,10-15H2,1-3H3,(H2,23,24,25). The van der Waals surface area contributed by atoms with Gasteiger partial charge < -0.3 is 15.5 Å². The maximum Gasteiger partial charge on any atom is 0.223 e. The first-order valence-electron chi connectivity index (χ1n) is 10.3. The molecule has 1 saturated heterocycles. The molecule has 1 fully saturated rings. The monoisotopic (exact) mass is 413 g/mol. The second kappa shape index (κ2) is 10.4. The summed E-state index contributed by atoms with van der Waals surface area (Å²) in [6.07, 6.45) is 1.51. The Morgan fingerprint density at radius 1 is 1.28 bits per heavy atom. The van der Waals surface area contributed by atoms with E-state index in [4.69, 9.17) is 4.99 Å². The van der Waals surface area contributed by atoms with Crippen LogP contribution in [0, 0.1) is 19.8 Å². The SMILES string of the molecule is CCNC(=NCc1sc(C)nc1C)NCC1CC(=O)N(CCc2ccccc2)C1. The van der Waals surface area contributed by atoms with E-state index in [0.29, 0.717) is 18.9 Å². The molecule has 0 radical (unpaired) electrons. The molecule has 3 rings (SSSR count). The Hall–Kier alpha value is -2.41. The van der Waals surface area contributed by atoms with E-state index in [0.717, 1.165) is 49.3 Å². The van der Waals surface area contributed by atoms with Crippen molar-refractivity contribution in [3.8, 4) is 0 Å². The molecule has 2 aromatic rings. The number of nitrogens with zero attached hydrogens (tertiary/aromatic N) is 3. The van der Waals surface area contributed by atoms with Crippen LogP contribution in [0.1, 0.15) is 34.5 Å². The molecule has 1 aromatic carbocycles. The molecule has 1 aromatic heterocycles. The smallest absolute Gasteiger partial charge is 0.223 e. The minimum atomic E-state index is 0.255. The Kier molecular flexibility index (Phi) is 7.63. The number of nitrogens with one attached hydrogen (secondary N) is 2. The van der Waals surface area contributed by atoms with Crippen LogP contribution in [0.25, 0.3) is 0 Å². The third-order valence-electron chi connectivity index (χ3n) is 5.09. The van der Waals surface area contributed by atoms with Crippen LogP contribution in [-0.4, -0.2) is 47.9 Å². The number of aliphatic imine (C=N–C) groups is 1. The molecule has 0 spiro atoms. The highest BCUT2D eigenvalue weighted by Gasteiger charge is 2.29. The summed E-state index contributed by atoms with van der Waals surface area (Å²) >= 11 is 1.70. The van der Waals surface area contributed by atoms with Crippen molar-refractivity contribution in [3.05, 3.63) is 51.5 Å². The van der Waals surface area contributed by atoms with Crippen molar-refractivity contribution >= 4 is 23.2 Å². The zero-order valence-electron chi connectivity index (χ0n) is 17.6. The van der Waals surface area contributed by atoms with Crippen LogP contribution in [0.3, 0.4) is 0 Å². The van der Waals surface area contributed by atoms with Gasteiger partial charge in [0.05, 0.1) is 17.2 Å². The zero-order valence-corrected chi connectivity index (χ0v) is 18.4. The van der Waals surface area contributed by atoms with Gasteiger partial charge in [0.1, 0.15) is 0 Å². The van der Waals surface area contributed by atoms with Gasteiger partial charge in [-0.1, -0.05) is 30.3 Å². The molecule has 1 amide bonds. The molecule has 1 aliphatic rings. The van der Waals surface area contributed by atoms with Crippen LogP contribution in [0.15, 0.2) is 35.3 Å². The minimum Gasteiger partial charge on any atom is -0.357 e. The van der Waals surface area contributed by atoms with Crippen molar-refractivity contribution in [2.24, 2.45) is 10.9 Å². The van der Waals surface area contributed by atoms with Crippen molar-refractivity contribution in [1.82, 2.24) is 20.5 Å². The summed E-state index contributed by atoms with van der Waals surface area (Å²) in [5.74, 6) is 1.37. The molecular formula is C22H31N5OS. The Morgan fingerprint density at radius 2 is 2.07 bits per heavy atom. The molecule has 1 unspecified atom stereocenters. The fraction of sp³-hybridized carbons (Fsp3) is 0.500. The lowest BCUT2D eigenvalue weighted by Gasteiger charge is -2.18. The van der Waals surface area contributed by atoms with E-state index in [1.165, 1.54) is 10.4 Å². The second-order valence-electron chi connectivity index (χ2n) is 7.46. The highest BCUT2D eigenvalue weighted by Crippen LogP contribution is 2.19. The average molecular weight is 414 g/mol. The van der Waals surface area contributed by atoms with E-state index < -0.39 is 0 Å². The fourth-order valence-corrected chi connectivity index (χ4v) is 4.43. The number of benzene rings is 1. The van der Waals surface area contributed by atoms with Crippen molar-refractivity contribution in [2.75, 3.05) is 26.2 Å². The van der Waals surface area contributed by atoms with Crippen molar-refractivity contribution in [3.63, 3.8) is 0 Å². The predicted molar refractivity (Wildman–Crippen MR) is 119 cm³/mol. The number of likely N-dealkylation sites (tertiary alicyclic amines) is 1. The lowest BCUT2D eigenvalue weighted by Crippen LogP contribution is -2.40. The Bertz CT molecular complexity index is 833. The molecule has 6 nitrogen and oxygen atoms in total. The zero-order chi connectivity index (χ0) is 20.6. The van der Waals surface area contributed by atoms with Crippen molar-refractivity contribution < 1.29 is 4.79 Å². The quantitative estimate of drug-likeness (QED) is 0.516. The number of carbonyl (C=O) groups excluding carboxylic acids is 1. The number of thiazole rings is 1. The maximum absolute atomic E-state index is 12.4. The number of amides is 1. The molecule has 0 saturated carbocycles. The van der Waals surface area contributed by atoms with Gasteiger partial charge >= 0.3 is 0 Å². The van der Waals surface area contributed by atoms with Gasteiger partial charge in [-0.05, 0) is 32.8 Å². The van der Waals surface area contributed by atoms with Crippen molar-refractivity contribution in [1.29, 1.82) is 0 Å². The molecule has 1 atom stereocenters. The van der Waals surface area contributed by atoms with E-state index in [1.807, 2.05) is 36.9 Å². The van der Waals surface area contributed by atoms with E-state index in [2.05, 4.69) is 34.7 Å². The van der Waals surface area contributed by atoms with E-state index in [-0.39, 0.29) is 5.91 Å². The summed E-state index contributed by atoms with van der Waals surface area (Å²) in [7, 11) is 0. The predicted octanol–water partition coefficient (Wildman–Crippen LogP) is 2.91. The van der Waals surface area contributed by atoms with Crippen LogP contribution in [0.4, 0.5) is 0 Å². The molecule has 156 valence electrons. The number of hydrogen-bond acceptors (Lipinski definition) is 4. The number of carbonyl (C=O) groups is 1. The number of hydrogen-bond donors (Lipinski definition) is 2. The number of aryl methyl sites for hydroxylation is 2. The van der Waals surface area contributed by atoms with E-state index in [1.54, 1.807) is 11.3 Å². The van der Waals surface area contributed by atoms with Gasteiger partial charge in [-0.25, -0.2) is 9.98 Å². The lowest BCUT2D eigenvalue weighted by atomic mass is 10.1. The van der Waals surface area contributed by atoms with Gasteiger partial charge in [-0.15, -0.1) is 11.3 Å². The van der Waals surface area contributed by atoms with Crippen molar-refractivity contribution in [2.45, 2.75) is 40.2 Å². The van der Waals surface area contributed by atoms with Gasteiger partial charge in [0, 0.05) is 43.4 Å². The minimum absolute atomic E-state index is 0.255. The first kappa shape index (κ1) is 21.3. The van der Waals surface area contributed by atoms with Crippen LogP contribution in [0.5, 0.6) is 0 Å². The summed E-state index contributed by atoms with van der Waals surface area (Å²) < 4.78 is 0. The van der Waals surface area contributed by atoms with E-state index >= 15 is 0 Å². The Labute approximate surface area is 177 Å². The molecule has 2 N–H and O–H groups in total. The van der Waals surface area contributed by atoms with Crippen LogP contribution >= 0.6 is 11.3 Å². The van der Waals surface area contributed by atoms with Gasteiger partial charge in [0.2, 0.25) is 5.91 Å². The number of aromatic nitrogens is 1. The van der Waals surface area contributed by atoms with Gasteiger partial charge in [0.15, 0.2) is 5.96 Å². The van der Waals surface area contributed by atoms with Gasteiger partial charge in [0.25, 0.3) is 0 Å². The molecule has 7 heteroatoms. The van der Waals surface area contributed by atoms with Crippen LogP contribution < -0.4 is 10.6 Å². The number of rotatable bonds is 8. The summed E-state index contributed by atoms with van der Waals surface area (Å²) in [6.45, 7) is 9.89. The highest BCUT2D eigenvalue weighted by atomic mass is 32.1. The molecule has 0 aliphatic carbocycles. The lowest BCUT2D eigenvalue weighted by molar-refractivity contribution is -0.127. The average Bonchev–Trinajstić information content (AvgIpc) is 3.23. The normalized spacial score (nSPS) is 17.1. The van der Waals surface area contributed by atoms with Crippen LogP contribution in [0.2, 0.25) is 0 Å². The summed E-state index contributed by atoms with van der Waals surface area (Å²) in [5, 5.41) is 7.79. The first-order valence-corrected chi connectivity index (χ1v) is 11.1. The Morgan fingerprint density at radius 3 is 2.76 bits per heavy atom. The molecule has 0 bridgehead atoms. The summed E-state index contributed by atoms with van der Waals surface area (Å²) in [6, 6.07) is 10.3. The molecule has 1 aliphatic heterocycles. The van der Waals surface area contributed by atoms with E-state index in [9.17, 15) is 4.79 Å². The third-order valence-corrected chi connectivity index (χ3v) is 6.15. The molecular weight excluding hydrogens is 382 g/mol. The third kappa shape index (κ3) is 6.29. The summed E-state index contributed by atoms with van der Waals surface area (Å²) in [4.78, 5) is 24.7. The Balaban J connectivity index is 1.48. The van der Waals surface area contributed by atoms with Crippen LogP contribution in [-0.2, 0) is 17.8 Å². The fourth-order valence-electron chi connectivity index (χ4n) is 3.57. The number of guanidine groups is 1.